The molecule has 0 radical (unpaired) electrons. The van der Waals surface area contributed by atoms with Gasteiger partial charge in [-0.05, 0) is 0 Å². The Morgan fingerprint density at radius 2 is 2.00 bits per heavy atom. The van der Waals surface area contributed by atoms with E-state index in [4.69, 9.17) is 5.11 Å². The predicted octanol–water partition coefficient (Wildman–Crippen LogP) is 0.269. The molecule has 9 heteroatoms. The summed E-state index contributed by atoms with van der Waals surface area (Å²) in [6.07, 6.45) is 4.49. The van der Waals surface area contributed by atoms with Crippen molar-refractivity contribution in [2.45, 2.75) is 0 Å². The minimum atomic E-state index is -1.18. The normalized spacial score (nSPS) is 10.1. The third kappa shape index (κ3) is 2.07. The summed E-state index contributed by atoms with van der Waals surface area (Å²) in [4.78, 5) is 31.4. The van der Waals surface area contributed by atoms with Crippen LogP contribution in [0.15, 0.2) is 24.9 Å². The van der Waals surface area contributed by atoms with Crippen molar-refractivity contribution in [3.8, 4) is 5.95 Å². The summed E-state index contributed by atoms with van der Waals surface area (Å²) in [6.45, 7) is 0. The summed E-state index contributed by atoms with van der Waals surface area (Å²) >= 11 is 0. The first-order valence-electron chi connectivity index (χ1n) is 4.32. The van der Waals surface area contributed by atoms with Gasteiger partial charge < -0.3 is 5.11 Å². The highest BCUT2D eigenvalue weighted by molar-refractivity contribution is 5.85. The number of carboxylic acids is 1. The van der Waals surface area contributed by atoms with Crippen LogP contribution in [-0.2, 0) is 0 Å². The number of rotatable bonds is 3. The Labute approximate surface area is 93.5 Å². The Balaban J connectivity index is 2.33. The maximum absolute atomic E-state index is 10.6. The molecule has 0 saturated heterocycles. The van der Waals surface area contributed by atoms with Gasteiger partial charge in [-0.2, -0.15) is 0 Å². The van der Waals surface area contributed by atoms with Crippen LogP contribution in [0.2, 0.25) is 0 Å². The third-order valence-corrected chi connectivity index (χ3v) is 1.87. The minimum Gasteiger partial charge on any atom is -0.476 e. The Bertz CT molecular complexity index is 576. The summed E-state index contributed by atoms with van der Waals surface area (Å²) in [7, 11) is 0. The van der Waals surface area contributed by atoms with Crippen LogP contribution >= 0.6 is 0 Å². The van der Waals surface area contributed by atoms with Gasteiger partial charge in [0.2, 0.25) is 5.95 Å². The van der Waals surface area contributed by atoms with E-state index in [-0.39, 0.29) is 17.3 Å². The number of imidazole rings is 1. The Kier molecular flexibility index (Phi) is 2.49. The van der Waals surface area contributed by atoms with E-state index in [1.54, 1.807) is 0 Å². The largest absolute Gasteiger partial charge is 0.476 e. The number of hydrogen-bond donors (Lipinski definition) is 1. The van der Waals surface area contributed by atoms with Gasteiger partial charge in [0.05, 0.1) is 4.92 Å². The van der Waals surface area contributed by atoms with Crippen LogP contribution in [0, 0.1) is 10.1 Å². The molecule has 1 N–H and O–H groups in total. The van der Waals surface area contributed by atoms with Crippen LogP contribution in [0.1, 0.15) is 10.5 Å². The van der Waals surface area contributed by atoms with E-state index in [1.165, 1.54) is 17.1 Å². The summed E-state index contributed by atoms with van der Waals surface area (Å²) < 4.78 is 1.26. The molecule has 0 aromatic carbocycles. The highest BCUT2D eigenvalue weighted by Crippen LogP contribution is 2.08. The van der Waals surface area contributed by atoms with Crippen LogP contribution in [-0.4, -0.2) is 35.5 Å². The average Bonchev–Trinajstić information content (AvgIpc) is 2.78. The lowest BCUT2D eigenvalue weighted by molar-refractivity contribution is -0.385. The molecule has 0 aliphatic heterocycles. The fourth-order valence-electron chi connectivity index (χ4n) is 1.08. The maximum Gasteiger partial charge on any atom is 0.356 e. The quantitative estimate of drug-likeness (QED) is 0.597. The number of nitrogens with zero attached hydrogens (tertiary/aromatic N) is 5. The molecule has 0 fully saturated rings. The summed E-state index contributed by atoms with van der Waals surface area (Å²) in [5.41, 5.74) is -0.403. The second-order valence-corrected chi connectivity index (χ2v) is 2.97. The highest BCUT2D eigenvalue weighted by Gasteiger charge is 2.11. The first-order chi connectivity index (χ1) is 8.08. The number of carboxylic acid groups (broad SMARTS) is 1. The van der Waals surface area contributed by atoms with Crippen molar-refractivity contribution >= 4 is 11.7 Å². The summed E-state index contributed by atoms with van der Waals surface area (Å²) in [5, 5.41) is 19.0. The molecule has 2 rings (SSSR count). The second kappa shape index (κ2) is 3.96. The number of aromatic nitrogens is 4. The van der Waals surface area contributed by atoms with E-state index in [0.29, 0.717) is 0 Å². The molecule has 2 aromatic rings. The van der Waals surface area contributed by atoms with Crippen LogP contribution in [0.4, 0.5) is 5.69 Å². The molecule has 0 spiro atoms. The van der Waals surface area contributed by atoms with Crippen molar-refractivity contribution in [2.24, 2.45) is 0 Å². The van der Waals surface area contributed by atoms with Crippen molar-refractivity contribution in [3.05, 3.63) is 40.7 Å². The second-order valence-electron chi connectivity index (χ2n) is 2.97. The number of hydrogen-bond acceptors (Lipinski definition) is 6. The molecule has 0 atom stereocenters. The average molecular weight is 235 g/mol. The van der Waals surface area contributed by atoms with E-state index in [9.17, 15) is 14.9 Å². The zero-order valence-electron chi connectivity index (χ0n) is 8.22. The highest BCUT2D eigenvalue weighted by atomic mass is 16.6. The standard InChI is InChI=1S/C8H5N5O4/c14-7(15)6-3-12(4-11-6)8-9-1-5(2-10-8)13(16)17/h1-4H,(H,14,15). The van der Waals surface area contributed by atoms with Gasteiger partial charge in [-0.15, -0.1) is 0 Å². The Morgan fingerprint density at radius 3 is 2.47 bits per heavy atom. The number of carbonyl (C=O) groups is 1. The number of aromatic carboxylic acids is 1. The van der Waals surface area contributed by atoms with Gasteiger partial charge in [0.25, 0.3) is 0 Å². The fourth-order valence-corrected chi connectivity index (χ4v) is 1.08. The molecule has 86 valence electrons. The monoisotopic (exact) mass is 235 g/mol. The van der Waals surface area contributed by atoms with Crippen molar-refractivity contribution in [1.82, 2.24) is 19.5 Å². The molecule has 0 saturated carbocycles. The first-order valence-corrected chi connectivity index (χ1v) is 4.32. The lowest BCUT2D eigenvalue weighted by atomic mass is 10.5. The van der Waals surface area contributed by atoms with Crippen LogP contribution in [0.25, 0.3) is 5.95 Å². The van der Waals surface area contributed by atoms with Gasteiger partial charge in [-0.1, -0.05) is 0 Å². The van der Waals surface area contributed by atoms with E-state index in [0.717, 1.165) is 12.4 Å². The van der Waals surface area contributed by atoms with Crippen LogP contribution in [0.5, 0.6) is 0 Å². The van der Waals surface area contributed by atoms with Crippen molar-refractivity contribution in [2.75, 3.05) is 0 Å². The van der Waals surface area contributed by atoms with Gasteiger partial charge >= 0.3 is 11.7 Å². The van der Waals surface area contributed by atoms with E-state index in [2.05, 4.69) is 15.0 Å². The fraction of sp³-hybridized carbons (Fsp3) is 0. The van der Waals surface area contributed by atoms with Crippen molar-refractivity contribution in [1.29, 1.82) is 0 Å². The van der Waals surface area contributed by atoms with E-state index in [1.807, 2.05) is 0 Å². The van der Waals surface area contributed by atoms with Crippen LogP contribution in [0.3, 0.4) is 0 Å². The van der Waals surface area contributed by atoms with E-state index >= 15 is 0 Å². The number of nitro groups is 1. The van der Waals surface area contributed by atoms with Gasteiger partial charge in [-0.3, -0.25) is 14.7 Å². The predicted molar refractivity (Wildman–Crippen MR) is 52.8 cm³/mol. The molecule has 0 bridgehead atoms. The zero-order valence-corrected chi connectivity index (χ0v) is 8.22. The molecular formula is C8H5N5O4. The molecule has 0 unspecified atom stereocenters. The van der Waals surface area contributed by atoms with Gasteiger partial charge in [0.1, 0.15) is 18.7 Å². The van der Waals surface area contributed by atoms with Crippen molar-refractivity contribution < 1.29 is 14.8 Å². The lowest BCUT2D eigenvalue weighted by Gasteiger charge is -1.97. The Morgan fingerprint density at radius 1 is 1.35 bits per heavy atom. The van der Waals surface area contributed by atoms with Gasteiger partial charge in [-0.25, -0.2) is 19.7 Å². The third-order valence-electron chi connectivity index (χ3n) is 1.87. The molecule has 9 nitrogen and oxygen atoms in total. The molecule has 2 heterocycles. The maximum atomic E-state index is 10.6. The van der Waals surface area contributed by atoms with Gasteiger partial charge in [0, 0.05) is 6.20 Å². The zero-order chi connectivity index (χ0) is 12.4. The molecule has 0 amide bonds. The minimum absolute atomic E-state index is 0.107. The van der Waals surface area contributed by atoms with Crippen LogP contribution < -0.4 is 0 Å². The Hall–Kier alpha value is -2.84. The molecule has 0 aliphatic carbocycles. The van der Waals surface area contributed by atoms with Gasteiger partial charge in [0.15, 0.2) is 5.69 Å². The molecular weight excluding hydrogens is 230 g/mol. The lowest BCUT2D eigenvalue weighted by Crippen LogP contribution is -2.00. The van der Waals surface area contributed by atoms with Crippen molar-refractivity contribution in [3.63, 3.8) is 0 Å². The first kappa shape index (κ1) is 10.7. The summed E-state index contributed by atoms with van der Waals surface area (Å²) in [6, 6.07) is 0. The molecule has 2 aromatic heterocycles. The summed E-state index contributed by atoms with van der Waals surface area (Å²) in [5.74, 6) is -1.07. The SMILES string of the molecule is O=C(O)c1cn(-c2ncc([N+](=O)[O-])cn2)cn1. The smallest absolute Gasteiger partial charge is 0.356 e. The van der Waals surface area contributed by atoms with E-state index < -0.39 is 10.9 Å². The molecule has 0 aliphatic rings. The topological polar surface area (TPSA) is 124 Å². The molecule has 17 heavy (non-hydrogen) atoms.